The van der Waals surface area contributed by atoms with Crippen LogP contribution in [0, 0.1) is 6.92 Å². The summed E-state index contributed by atoms with van der Waals surface area (Å²) in [5.74, 6) is 0.488. The maximum Gasteiger partial charge on any atom is 0.247 e. The van der Waals surface area contributed by atoms with Crippen LogP contribution < -0.4 is 19.7 Å². The summed E-state index contributed by atoms with van der Waals surface area (Å²) in [7, 11) is 1.43. The quantitative estimate of drug-likeness (QED) is 0.110. The Labute approximate surface area is 206 Å². The Hall–Kier alpha value is -3.21. The van der Waals surface area contributed by atoms with Crippen LogP contribution in [-0.2, 0) is 4.79 Å². The second-order valence-corrected chi connectivity index (χ2v) is 8.86. The molecule has 3 aromatic carbocycles. The minimum absolute atomic E-state index is 0.210. The van der Waals surface area contributed by atoms with Crippen LogP contribution in [0.1, 0.15) is 26.8 Å². The van der Waals surface area contributed by atoms with Crippen molar-refractivity contribution in [1.29, 1.82) is 0 Å². The van der Waals surface area contributed by atoms with Crippen LogP contribution in [0.2, 0.25) is 0 Å². The van der Waals surface area contributed by atoms with Crippen molar-refractivity contribution in [2.24, 2.45) is 0 Å². The number of hydrogen-bond acceptors (Lipinski definition) is 8. The average molecular weight is 496 g/mol. The Bertz CT molecular complexity index is 1210. The summed E-state index contributed by atoms with van der Waals surface area (Å²) in [4.78, 5) is 24.8. The average Bonchev–Trinajstić information content (AvgIpc) is 3.26. The zero-order chi connectivity index (χ0) is 24.3. The second kappa shape index (κ2) is 12.9. The van der Waals surface area contributed by atoms with Crippen molar-refractivity contribution in [3.8, 4) is 5.75 Å². The van der Waals surface area contributed by atoms with Crippen LogP contribution in [0.3, 0.4) is 0 Å². The highest BCUT2D eigenvalue weighted by molar-refractivity contribution is 7.93. The van der Waals surface area contributed by atoms with Crippen molar-refractivity contribution < 1.29 is 19.0 Å². The SMILES string of the molecule is CNO.Cc1ccc(OSNC(C(=O)Nc2ccc3cc(C=O)sc3c2)c2ccccc2)cc1. The molecule has 176 valence electrons. The number of hydroxylamine groups is 1. The van der Waals surface area contributed by atoms with Crippen molar-refractivity contribution in [3.63, 3.8) is 0 Å². The predicted octanol–water partition coefficient (Wildman–Crippen LogP) is 5.53. The summed E-state index contributed by atoms with van der Waals surface area (Å²) < 4.78 is 9.73. The Kier molecular flexibility index (Phi) is 9.62. The molecular formula is C25H25N3O4S2. The van der Waals surface area contributed by atoms with Gasteiger partial charge in [0.2, 0.25) is 5.91 Å². The van der Waals surface area contributed by atoms with Crippen molar-refractivity contribution in [2.75, 3.05) is 12.4 Å². The summed E-state index contributed by atoms with van der Waals surface area (Å²) >= 11 is 2.41. The van der Waals surface area contributed by atoms with Gasteiger partial charge in [0.15, 0.2) is 6.29 Å². The molecule has 1 heterocycles. The van der Waals surface area contributed by atoms with Crippen LogP contribution in [0.5, 0.6) is 5.75 Å². The molecule has 4 rings (SSSR count). The van der Waals surface area contributed by atoms with Gasteiger partial charge in [-0.3, -0.25) is 9.59 Å². The van der Waals surface area contributed by atoms with Crippen LogP contribution in [0.25, 0.3) is 10.1 Å². The highest BCUT2D eigenvalue weighted by atomic mass is 32.2. The minimum Gasteiger partial charge on any atom is -0.410 e. The molecule has 0 saturated carbocycles. The van der Waals surface area contributed by atoms with Gasteiger partial charge in [-0.25, -0.2) is 10.2 Å². The van der Waals surface area contributed by atoms with E-state index in [4.69, 9.17) is 9.39 Å². The molecule has 34 heavy (non-hydrogen) atoms. The molecule has 0 fully saturated rings. The molecule has 0 aliphatic carbocycles. The zero-order valence-electron chi connectivity index (χ0n) is 18.6. The third-order valence-electron chi connectivity index (χ3n) is 4.64. The lowest BCUT2D eigenvalue weighted by Crippen LogP contribution is -2.29. The molecular weight excluding hydrogens is 470 g/mol. The molecule has 0 spiro atoms. The van der Waals surface area contributed by atoms with E-state index in [9.17, 15) is 9.59 Å². The van der Waals surface area contributed by atoms with Gasteiger partial charge in [0, 0.05) is 17.4 Å². The predicted molar refractivity (Wildman–Crippen MR) is 138 cm³/mol. The Morgan fingerprint density at radius 2 is 1.76 bits per heavy atom. The summed E-state index contributed by atoms with van der Waals surface area (Å²) in [6.45, 7) is 2.01. The number of rotatable bonds is 8. The Balaban J connectivity index is 0.00000103. The molecule has 0 aliphatic rings. The van der Waals surface area contributed by atoms with Gasteiger partial charge >= 0.3 is 0 Å². The lowest BCUT2D eigenvalue weighted by molar-refractivity contribution is -0.117. The number of anilines is 1. The number of amides is 1. The van der Waals surface area contributed by atoms with E-state index in [0.717, 1.165) is 39.7 Å². The molecule has 1 atom stereocenters. The summed E-state index contributed by atoms with van der Waals surface area (Å²) in [5, 5.41) is 11.3. The van der Waals surface area contributed by atoms with E-state index in [1.54, 1.807) is 5.48 Å². The highest BCUT2D eigenvalue weighted by Gasteiger charge is 2.21. The Morgan fingerprint density at radius 3 is 2.44 bits per heavy atom. The van der Waals surface area contributed by atoms with Gasteiger partial charge in [-0.15, -0.1) is 11.3 Å². The van der Waals surface area contributed by atoms with E-state index in [1.165, 1.54) is 18.4 Å². The first-order valence-corrected chi connectivity index (χ1v) is 11.9. The summed E-state index contributed by atoms with van der Waals surface area (Å²) in [6, 6.07) is 24.0. The number of carbonyl (C=O) groups excluding carboxylic acids is 2. The smallest absolute Gasteiger partial charge is 0.247 e. The first-order valence-electron chi connectivity index (χ1n) is 10.3. The van der Waals surface area contributed by atoms with Crippen molar-refractivity contribution in [2.45, 2.75) is 13.0 Å². The van der Waals surface area contributed by atoms with Gasteiger partial charge in [0.1, 0.15) is 24.0 Å². The molecule has 9 heteroatoms. The molecule has 0 radical (unpaired) electrons. The fraction of sp³-hybridized carbons (Fsp3) is 0.120. The van der Waals surface area contributed by atoms with Crippen LogP contribution >= 0.6 is 23.6 Å². The molecule has 1 amide bonds. The molecule has 4 N–H and O–H groups in total. The molecule has 7 nitrogen and oxygen atoms in total. The maximum atomic E-state index is 13.1. The summed E-state index contributed by atoms with van der Waals surface area (Å²) in [6.07, 6.45) is 0.837. The molecule has 0 bridgehead atoms. The van der Waals surface area contributed by atoms with Crippen LogP contribution in [0.4, 0.5) is 5.69 Å². The monoisotopic (exact) mass is 495 g/mol. The standard InChI is InChI=1S/C24H20N2O3S2.CH5NO/c1-16-7-11-20(12-8-16)29-31-26-23(17-5-3-2-4-6-17)24(28)25-19-10-9-18-13-21(15-27)30-22(18)14-19;1-2-3/h2-15,23,26H,1H3,(H,25,28);2-3H,1H3. The third kappa shape index (κ3) is 7.14. The first kappa shape index (κ1) is 25.4. The van der Waals surface area contributed by atoms with E-state index >= 15 is 0 Å². The number of carbonyl (C=O) groups is 2. The highest BCUT2D eigenvalue weighted by Crippen LogP contribution is 2.28. The largest absolute Gasteiger partial charge is 0.410 e. The first-order chi connectivity index (χ1) is 16.5. The number of aldehydes is 1. The van der Waals surface area contributed by atoms with Gasteiger partial charge in [-0.05, 0) is 48.2 Å². The van der Waals surface area contributed by atoms with E-state index in [1.807, 2.05) is 85.8 Å². The number of benzene rings is 3. The minimum atomic E-state index is -0.624. The number of fused-ring (bicyclic) bond motifs is 1. The second-order valence-electron chi connectivity index (χ2n) is 7.17. The van der Waals surface area contributed by atoms with Gasteiger partial charge in [0.05, 0.1) is 4.88 Å². The zero-order valence-corrected chi connectivity index (χ0v) is 20.3. The molecule has 1 unspecified atom stereocenters. The van der Waals surface area contributed by atoms with Crippen LogP contribution in [0.15, 0.2) is 78.9 Å². The maximum absolute atomic E-state index is 13.1. The van der Waals surface area contributed by atoms with E-state index in [0.29, 0.717) is 16.3 Å². The lowest BCUT2D eigenvalue weighted by atomic mass is 10.1. The van der Waals surface area contributed by atoms with Gasteiger partial charge < -0.3 is 14.7 Å². The third-order valence-corrected chi connectivity index (χ3v) is 6.27. The number of nitrogens with one attached hydrogen (secondary N) is 3. The fourth-order valence-electron chi connectivity index (χ4n) is 3.03. The Morgan fingerprint density at radius 1 is 1.06 bits per heavy atom. The van der Waals surface area contributed by atoms with Gasteiger partial charge in [-0.1, -0.05) is 54.1 Å². The lowest BCUT2D eigenvalue weighted by Gasteiger charge is -2.18. The molecule has 0 aliphatic heterocycles. The molecule has 1 aromatic heterocycles. The fourth-order valence-corrected chi connectivity index (χ4v) is 4.55. The van der Waals surface area contributed by atoms with Crippen LogP contribution in [-0.4, -0.2) is 24.4 Å². The molecule has 4 aromatic rings. The van der Waals surface area contributed by atoms with Gasteiger partial charge in [0.25, 0.3) is 0 Å². The normalized spacial score (nSPS) is 11.3. The van der Waals surface area contributed by atoms with E-state index < -0.39 is 6.04 Å². The van der Waals surface area contributed by atoms with Crippen molar-refractivity contribution in [3.05, 3.63) is 94.9 Å². The number of thiophene rings is 1. The topological polar surface area (TPSA) is 99.7 Å². The number of aryl methyl sites for hydroxylation is 1. The van der Waals surface area contributed by atoms with Gasteiger partial charge in [-0.2, -0.15) is 0 Å². The van der Waals surface area contributed by atoms with Crippen molar-refractivity contribution >= 4 is 51.5 Å². The molecule has 0 saturated heterocycles. The van der Waals surface area contributed by atoms with Crippen molar-refractivity contribution in [1.82, 2.24) is 10.2 Å². The van der Waals surface area contributed by atoms with E-state index in [-0.39, 0.29) is 5.91 Å². The number of hydrogen-bond donors (Lipinski definition) is 4. The van der Waals surface area contributed by atoms with E-state index in [2.05, 4.69) is 10.0 Å². The summed E-state index contributed by atoms with van der Waals surface area (Å²) in [5.41, 5.74) is 4.39.